The molecule has 0 bridgehead atoms. The van der Waals surface area contributed by atoms with Gasteiger partial charge in [-0.05, 0) is 68.8 Å². The lowest BCUT2D eigenvalue weighted by Crippen LogP contribution is -2.12. The fourth-order valence-corrected chi connectivity index (χ4v) is 3.29. The van der Waals surface area contributed by atoms with Crippen LogP contribution in [0.1, 0.15) is 46.0 Å². The zero-order chi connectivity index (χ0) is 26.3. The summed E-state index contributed by atoms with van der Waals surface area (Å²) in [7, 11) is 1.88. The molecule has 0 aliphatic heterocycles. The quantitative estimate of drug-likeness (QED) is 0.377. The molecule has 0 unspecified atom stereocenters. The van der Waals surface area contributed by atoms with Gasteiger partial charge in [-0.1, -0.05) is 6.07 Å². The maximum absolute atomic E-state index is 13.3. The number of rotatable bonds is 6. The Morgan fingerprint density at radius 3 is 2.36 bits per heavy atom. The molecular weight excluding hydrogens is 459 g/mol. The van der Waals surface area contributed by atoms with Crippen LogP contribution in [0.3, 0.4) is 0 Å². The summed E-state index contributed by atoms with van der Waals surface area (Å²) in [5, 5.41) is 3.13. The van der Waals surface area contributed by atoms with Gasteiger partial charge < -0.3 is 11.1 Å². The highest BCUT2D eigenvalue weighted by Crippen LogP contribution is 2.27. The summed E-state index contributed by atoms with van der Waals surface area (Å²) in [4.78, 5) is 38.1. The average molecular weight is 487 g/mol. The minimum Gasteiger partial charge on any atom is -0.388 e. The van der Waals surface area contributed by atoms with Crippen molar-refractivity contribution in [3.8, 4) is 22.5 Å². The van der Waals surface area contributed by atoms with Crippen molar-refractivity contribution in [3.05, 3.63) is 89.8 Å². The second-order valence-electron chi connectivity index (χ2n) is 8.43. The fraction of sp³-hybridized carbons (Fsp3) is 0.185. The van der Waals surface area contributed by atoms with E-state index in [2.05, 4.69) is 25.3 Å². The number of carbonyl (C=O) groups excluding carboxylic acids is 2. The molecule has 0 radical (unpaired) electrons. The number of pyridine rings is 2. The summed E-state index contributed by atoms with van der Waals surface area (Å²) in [6.45, 7) is 4.85. The van der Waals surface area contributed by atoms with Gasteiger partial charge in [0.05, 0.1) is 17.1 Å². The highest BCUT2D eigenvalue weighted by molar-refractivity contribution is 5.92. The number of nitrogens with two attached hydrogens (primary N) is 1. The number of primary amides is 1. The Bertz CT molecular complexity index is 1380. The van der Waals surface area contributed by atoms with Crippen LogP contribution in [-0.2, 0) is 5.67 Å². The number of halogens is 1. The van der Waals surface area contributed by atoms with E-state index in [1.807, 2.05) is 38.2 Å². The van der Waals surface area contributed by atoms with Crippen molar-refractivity contribution in [2.24, 2.45) is 5.73 Å². The monoisotopic (exact) mass is 486 g/mol. The van der Waals surface area contributed by atoms with E-state index in [-0.39, 0.29) is 11.4 Å². The molecule has 0 aliphatic rings. The Hall–Kier alpha value is -4.53. The van der Waals surface area contributed by atoms with Crippen molar-refractivity contribution < 1.29 is 14.0 Å². The van der Waals surface area contributed by atoms with Gasteiger partial charge in [0.2, 0.25) is 0 Å². The van der Waals surface area contributed by atoms with E-state index >= 15 is 0 Å². The summed E-state index contributed by atoms with van der Waals surface area (Å²) in [6, 6.07) is 14.4. The Labute approximate surface area is 208 Å². The molecule has 0 fully saturated rings. The van der Waals surface area contributed by atoms with Gasteiger partial charge in [0, 0.05) is 41.8 Å². The Kier molecular flexibility index (Phi) is 8.16. The van der Waals surface area contributed by atoms with E-state index < -0.39 is 11.6 Å². The van der Waals surface area contributed by atoms with Crippen molar-refractivity contribution in [3.63, 3.8) is 0 Å². The molecule has 4 rings (SSSR count). The molecular formula is C27H27FN6O2. The molecule has 0 spiro atoms. The van der Waals surface area contributed by atoms with Crippen LogP contribution in [0.25, 0.3) is 22.5 Å². The third-order valence-corrected chi connectivity index (χ3v) is 5.31. The second-order valence-corrected chi connectivity index (χ2v) is 8.43. The predicted octanol–water partition coefficient (Wildman–Crippen LogP) is 4.75. The summed E-state index contributed by atoms with van der Waals surface area (Å²) in [5.41, 5.74) is 10.2. The molecule has 3 N–H and O–H groups in total. The van der Waals surface area contributed by atoms with Crippen molar-refractivity contribution in [2.75, 3.05) is 12.4 Å². The van der Waals surface area contributed by atoms with Crippen molar-refractivity contribution >= 4 is 17.9 Å². The van der Waals surface area contributed by atoms with Crippen LogP contribution in [-0.4, -0.2) is 39.2 Å². The second kappa shape index (κ2) is 11.3. The highest BCUT2D eigenvalue weighted by Gasteiger charge is 2.20. The third-order valence-electron chi connectivity index (χ3n) is 5.31. The number of hydrogen-bond acceptors (Lipinski definition) is 7. The van der Waals surface area contributed by atoms with E-state index in [0.29, 0.717) is 17.5 Å². The van der Waals surface area contributed by atoms with Crippen LogP contribution in [0.15, 0.2) is 67.3 Å². The SMILES string of the molecule is CC(C)(F)c1cc(C=O)ccn1.CNc1ccc(C)c(-c2cc(-c3ccnc(C(N)=O)c3)ncn2)c1. The first-order valence-corrected chi connectivity index (χ1v) is 11.1. The lowest BCUT2D eigenvalue weighted by Gasteiger charge is -2.12. The first kappa shape index (κ1) is 26.1. The lowest BCUT2D eigenvalue weighted by atomic mass is 10.0. The number of aldehydes is 1. The number of alkyl halides is 1. The molecule has 36 heavy (non-hydrogen) atoms. The number of carbonyl (C=O) groups is 2. The molecule has 0 saturated carbocycles. The van der Waals surface area contributed by atoms with Crippen molar-refractivity contribution in [2.45, 2.75) is 26.4 Å². The Morgan fingerprint density at radius 1 is 0.972 bits per heavy atom. The average Bonchev–Trinajstić information content (AvgIpc) is 2.89. The van der Waals surface area contributed by atoms with E-state index in [1.54, 1.807) is 24.4 Å². The van der Waals surface area contributed by atoms with Gasteiger partial charge in [-0.2, -0.15) is 0 Å². The molecule has 1 aromatic carbocycles. The molecule has 0 saturated heterocycles. The number of aryl methyl sites for hydroxylation is 1. The van der Waals surface area contributed by atoms with Crippen molar-refractivity contribution in [1.82, 2.24) is 19.9 Å². The first-order chi connectivity index (χ1) is 17.1. The van der Waals surface area contributed by atoms with Crippen LogP contribution in [0.4, 0.5) is 10.1 Å². The van der Waals surface area contributed by atoms with Crippen molar-refractivity contribution in [1.29, 1.82) is 0 Å². The largest absolute Gasteiger partial charge is 0.388 e. The van der Waals surface area contributed by atoms with Crippen LogP contribution in [0.2, 0.25) is 0 Å². The smallest absolute Gasteiger partial charge is 0.267 e. The molecule has 3 heterocycles. The molecule has 3 aromatic heterocycles. The maximum atomic E-state index is 13.3. The van der Waals surface area contributed by atoms with Gasteiger partial charge in [0.25, 0.3) is 5.91 Å². The summed E-state index contributed by atoms with van der Waals surface area (Å²) in [5.74, 6) is -0.566. The number of amides is 1. The number of aromatic nitrogens is 4. The van der Waals surface area contributed by atoms with Gasteiger partial charge >= 0.3 is 0 Å². The molecule has 0 atom stereocenters. The number of hydrogen-bond donors (Lipinski definition) is 2. The number of anilines is 1. The van der Waals surface area contributed by atoms with Crippen LogP contribution in [0.5, 0.6) is 0 Å². The molecule has 8 nitrogen and oxygen atoms in total. The minimum atomic E-state index is -1.49. The third kappa shape index (κ3) is 6.53. The van der Waals surface area contributed by atoms with Crippen LogP contribution in [0, 0.1) is 6.92 Å². The Morgan fingerprint density at radius 2 is 1.69 bits per heavy atom. The molecule has 184 valence electrons. The zero-order valence-electron chi connectivity index (χ0n) is 20.5. The van der Waals surface area contributed by atoms with E-state index in [0.717, 1.165) is 28.1 Å². The topological polar surface area (TPSA) is 124 Å². The van der Waals surface area contributed by atoms with Gasteiger partial charge in [-0.15, -0.1) is 0 Å². The number of nitrogens with zero attached hydrogens (tertiary/aromatic N) is 4. The molecule has 0 aliphatic carbocycles. The summed E-state index contributed by atoms with van der Waals surface area (Å²) < 4.78 is 13.3. The zero-order valence-corrected chi connectivity index (χ0v) is 20.5. The number of benzene rings is 1. The van der Waals surface area contributed by atoms with Gasteiger partial charge in [0.15, 0.2) is 0 Å². The molecule has 1 amide bonds. The standard InChI is InChI=1S/C18H17N5O.C9H10FNO/c1-11-3-4-13(20-2)8-14(11)16-9-15(22-10-23-16)12-5-6-21-17(7-12)18(19)24;1-9(2,10)8-5-7(6-12)3-4-11-8/h3-10,20H,1-2H3,(H2,19,24);3-6H,1-2H3. The first-order valence-electron chi connectivity index (χ1n) is 11.1. The van der Waals surface area contributed by atoms with Crippen LogP contribution < -0.4 is 11.1 Å². The summed E-state index contributed by atoms with van der Waals surface area (Å²) in [6.07, 6.45) is 5.17. The van der Waals surface area contributed by atoms with E-state index in [4.69, 9.17) is 5.73 Å². The van der Waals surface area contributed by atoms with Crippen LogP contribution >= 0.6 is 0 Å². The Balaban J connectivity index is 0.000000253. The van der Waals surface area contributed by atoms with Gasteiger partial charge in [0.1, 0.15) is 24.0 Å². The molecule has 9 heteroatoms. The van der Waals surface area contributed by atoms with E-state index in [9.17, 15) is 14.0 Å². The normalized spacial score (nSPS) is 10.7. The number of nitrogens with one attached hydrogen (secondary N) is 1. The highest BCUT2D eigenvalue weighted by atomic mass is 19.1. The van der Waals surface area contributed by atoms with E-state index in [1.165, 1.54) is 32.4 Å². The predicted molar refractivity (Wildman–Crippen MR) is 137 cm³/mol. The lowest BCUT2D eigenvalue weighted by molar-refractivity contribution is 0.0995. The fourth-order valence-electron chi connectivity index (χ4n) is 3.29. The maximum Gasteiger partial charge on any atom is 0.267 e. The summed E-state index contributed by atoms with van der Waals surface area (Å²) >= 11 is 0. The molecule has 4 aromatic rings. The minimum absolute atomic E-state index is 0.209. The van der Waals surface area contributed by atoms with Gasteiger partial charge in [-0.3, -0.25) is 19.6 Å². The van der Waals surface area contributed by atoms with Gasteiger partial charge in [-0.25, -0.2) is 14.4 Å².